The summed E-state index contributed by atoms with van der Waals surface area (Å²) in [6, 6.07) is 15.4. The lowest BCUT2D eigenvalue weighted by Gasteiger charge is -2.18. The highest BCUT2D eigenvalue weighted by atomic mass is 19.1. The fourth-order valence-electron chi connectivity index (χ4n) is 4.13. The second-order valence-corrected chi connectivity index (χ2v) is 8.75. The highest BCUT2D eigenvalue weighted by Gasteiger charge is 2.20. The number of benzene rings is 2. The average Bonchev–Trinajstić information content (AvgIpc) is 3.34. The smallest absolute Gasteiger partial charge is 0.274 e. The molecule has 2 heterocycles. The molecular formula is C27H30FN5O2. The largest absolute Gasteiger partial charge is 0.340 e. The Hall–Kier alpha value is -3.81. The first kappa shape index (κ1) is 24.3. The number of nitrogens with zero attached hydrogens (tertiary/aromatic N) is 4. The van der Waals surface area contributed by atoms with Crippen LogP contribution in [0, 0.1) is 5.82 Å². The molecule has 0 aliphatic carbocycles. The van der Waals surface area contributed by atoms with Gasteiger partial charge in [0.15, 0.2) is 5.69 Å². The Balaban J connectivity index is 1.44. The van der Waals surface area contributed by atoms with Gasteiger partial charge >= 0.3 is 0 Å². The van der Waals surface area contributed by atoms with E-state index in [9.17, 15) is 14.0 Å². The zero-order chi connectivity index (χ0) is 24.8. The molecular weight excluding hydrogens is 445 g/mol. The van der Waals surface area contributed by atoms with Gasteiger partial charge < -0.3 is 4.90 Å². The molecule has 0 atom stereocenters. The van der Waals surface area contributed by atoms with E-state index in [-0.39, 0.29) is 17.3 Å². The van der Waals surface area contributed by atoms with Crippen molar-refractivity contribution in [1.29, 1.82) is 0 Å². The third-order valence-electron chi connectivity index (χ3n) is 6.08. The fraction of sp³-hybridized carbons (Fsp3) is 0.333. The second-order valence-electron chi connectivity index (χ2n) is 8.75. The van der Waals surface area contributed by atoms with E-state index in [1.54, 1.807) is 36.2 Å². The number of hydrogen-bond donors (Lipinski definition) is 1. The van der Waals surface area contributed by atoms with Crippen LogP contribution in [0.15, 0.2) is 59.4 Å². The molecule has 1 N–H and O–H groups in total. The second kappa shape index (κ2) is 11.1. The minimum atomic E-state index is -0.301. The van der Waals surface area contributed by atoms with Gasteiger partial charge in [-0.15, -0.1) is 0 Å². The highest BCUT2D eigenvalue weighted by Crippen LogP contribution is 2.19. The molecule has 1 amide bonds. The van der Waals surface area contributed by atoms with Gasteiger partial charge in [0, 0.05) is 36.8 Å². The summed E-state index contributed by atoms with van der Waals surface area (Å²) in [6.07, 6.45) is 4.27. The third kappa shape index (κ3) is 5.65. The number of hydrogen-bond acceptors (Lipinski definition) is 4. The predicted octanol–water partition coefficient (Wildman–Crippen LogP) is 4.82. The number of carbonyl (C=O) groups is 1. The Kier molecular flexibility index (Phi) is 7.70. The first-order chi connectivity index (χ1) is 17.0. The van der Waals surface area contributed by atoms with Gasteiger partial charge in [0.05, 0.1) is 11.1 Å². The van der Waals surface area contributed by atoms with Gasteiger partial charge in [-0.3, -0.25) is 14.7 Å². The average molecular weight is 476 g/mol. The maximum Gasteiger partial charge on any atom is 0.274 e. The van der Waals surface area contributed by atoms with Crippen LogP contribution in [0.1, 0.15) is 48.8 Å². The van der Waals surface area contributed by atoms with Crippen molar-refractivity contribution in [3.05, 3.63) is 82.2 Å². The number of carbonyl (C=O) groups excluding carboxylic acids is 1. The molecule has 4 rings (SSSR count). The zero-order valence-electron chi connectivity index (χ0n) is 20.1. The third-order valence-corrected chi connectivity index (χ3v) is 6.08. The van der Waals surface area contributed by atoms with E-state index >= 15 is 0 Å². The molecule has 182 valence electrons. The summed E-state index contributed by atoms with van der Waals surface area (Å²) in [4.78, 5) is 27.8. The molecule has 4 aromatic rings. The Morgan fingerprint density at radius 2 is 1.86 bits per heavy atom. The van der Waals surface area contributed by atoms with Gasteiger partial charge in [-0.05, 0) is 43.5 Å². The molecule has 8 heteroatoms. The summed E-state index contributed by atoms with van der Waals surface area (Å²) in [6.45, 7) is 3.11. The lowest BCUT2D eigenvalue weighted by Crippen LogP contribution is -2.33. The molecule has 0 aliphatic rings. The van der Waals surface area contributed by atoms with Crippen LogP contribution >= 0.6 is 0 Å². The van der Waals surface area contributed by atoms with E-state index in [1.165, 1.54) is 16.8 Å². The topological polar surface area (TPSA) is 83.9 Å². The van der Waals surface area contributed by atoms with Crippen LogP contribution in [-0.2, 0) is 13.0 Å². The number of aryl methyl sites for hydroxylation is 2. The van der Waals surface area contributed by atoms with Crippen LogP contribution < -0.4 is 5.56 Å². The number of rotatable bonds is 10. The number of H-pyrrole nitrogens is 1. The van der Waals surface area contributed by atoms with Crippen LogP contribution in [0.4, 0.5) is 4.39 Å². The standard InChI is InChI=1S/C27H30FN5O2/c1-3-4-7-16-33-26(34)23-14-6-5-13-22(23)25(31-33)27(35)32(2)15-9-12-21-18-24(30-29-21)19-10-8-11-20(28)17-19/h5-6,8,10-11,13-14,17-18H,3-4,7,9,12,15-16H2,1-2H3,(H,29,30). The van der Waals surface area contributed by atoms with Crippen molar-refractivity contribution >= 4 is 16.7 Å². The van der Waals surface area contributed by atoms with Crippen molar-refractivity contribution < 1.29 is 9.18 Å². The first-order valence-electron chi connectivity index (χ1n) is 12.0. The number of unbranched alkanes of at least 4 members (excludes halogenated alkanes) is 2. The van der Waals surface area contributed by atoms with Gasteiger partial charge in [0.25, 0.3) is 11.5 Å². The van der Waals surface area contributed by atoms with Gasteiger partial charge in [0.2, 0.25) is 0 Å². The molecule has 0 bridgehead atoms. The molecule has 0 saturated heterocycles. The van der Waals surface area contributed by atoms with Gasteiger partial charge in [0.1, 0.15) is 5.82 Å². The quantitative estimate of drug-likeness (QED) is 0.333. The Morgan fingerprint density at radius 3 is 2.63 bits per heavy atom. The monoisotopic (exact) mass is 475 g/mol. The SMILES string of the molecule is CCCCCn1nc(C(=O)N(C)CCCc2cc(-c3cccc(F)c3)n[nH]2)c2ccccc2c1=O. The van der Waals surface area contributed by atoms with E-state index in [1.807, 2.05) is 18.2 Å². The van der Waals surface area contributed by atoms with E-state index in [0.717, 1.165) is 25.0 Å². The fourth-order valence-corrected chi connectivity index (χ4v) is 4.13. The summed E-state index contributed by atoms with van der Waals surface area (Å²) in [5, 5.41) is 12.8. The Labute approximate surface area is 203 Å². The Morgan fingerprint density at radius 1 is 1.06 bits per heavy atom. The Bertz CT molecular complexity index is 1380. The maximum atomic E-state index is 13.5. The predicted molar refractivity (Wildman–Crippen MR) is 135 cm³/mol. The molecule has 0 fully saturated rings. The maximum absolute atomic E-state index is 13.5. The van der Waals surface area contributed by atoms with Gasteiger partial charge in [-0.1, -0.05) is 50.1 Å². The van der Waals surface area contributed by atoms with Crippen LogP contribution in [0.25, 0.3) is 22.0 Å². The lowest BCUT2D eigenvalue weighted by atomic mass is 10.1. The highest BCUT2D eigenvalue weighted by molar-refractivity contribution is 6.04. The van der Waals surface area contributed by atoms with Gasteiger partial charge in [-0.2, -0.15) is 10.2 Å². The summed E-state index contributed by atoms with van der Waals surface area (Å²) in [7, 11) is 1.75. The number of aromatic nitrogens is 4. The lowest BCUT2D eigenvalue weighted by molar-refractivity contribution is 0.0787. The molecule has 7 nitrogen and oxygen atoms in total. The molecule has 0 unspecified atom stereocenters. The molecule has 35 heavy (non-hydrogen) atoms. The molecule has 0 aliphatic heterocycles. The van der Waals surface area contributed by atoms with Crippen molar-refractivity contribution in [3.63, 3.8) is 0 Å². The molecule has 0 saturated carbocycles. The summed E-state index contributed by atoms with van der Waals surface area (Å²) in [5.41, 5.74) is 2.45. The van der Waals surface area contributed by atoms with Crippen LogP contribution in [0.5, 0.6) is 0 Å². The van der Waals surface area contributed by atoms with E-state index < -0.39 is 0 Å². The molecule has 0 radical (unpaired) electrons. The normalized spacial score (nSPS) is 11.2. The van der Waals surface area contributed by atoms with Crippen molar-refractivity contribution in [3.8, 4) is 11.3 Å². The number of halogens is 1. The van der Waals surface area contributed by atoms with Crippen molar-refractivity contribution in [2.45, 2.75) is 45.6 Å². The number of amides is 1. The number of aromatic amines is 1. The van der Waals surface area contributed by atoms with Crippen molar-refractivity contribution in [2.75, 3.05) is 13.6 Å². The van der Waals surface area contributed by atoms with Crippen molar-refractivity contribution in [1.82, 2.24) is 24.9 Å². The molecule has 0 spiro atoms. The first-order valence-corrected chi connectivity index (χ1v) is 12.0. The minimum absolute atomic E-state index is 0.163. The van der Waals surface area contributed by atoms with Crippen LogP contribution in [-0.4, -0.2) is 44.4 Å². The van der Waals surface area contributed by atoms with Crippen molar-refractivity contribution in [2.24, 2.45) is 0 Å². The van der Waals surface area contributed by atoms with E-state index in [2.05, 4.69) is 22.2 Å². The molecule has 2 aromatic carbocycles. The summed E-state index contributed by atoms with van der Waals surface area (Å²) in [5.74, 6) is -0.513. The molecule has 2 aromatic heterocycles. The minimum Gasteiger partial charge on any atom is -0.340 e. The zero-order valence-corrected chi connectivity index (χ0v) is 20.1. The van der Waals surface area contributed by atoms with E-state index in [0.29, 0.717) is 53.7 Å². The number of nitrogens with one attached hydrogen (secondary N) is 1. The van der Waals surface area contributed by atoms with Crippen LogP contribution in [0.2, 0.25) is 0 Å². The van der Waals surface area contributed by atoms with Crippen LogP contribution in [0.3, 0.4) is 0 Å². The summed E-state index contributed by atoms with van der Waals surface area (Å²) >= 11 is 0. The van der Waals surface area contributed by atoms with Gasteiger partial charge in [-0.25, -0.2) is 9.07 Å². The number of fused-ring (bicyclic) bond motifs is 1. The summed E-state index contributed by atoms with van der Waals surface area (Å²) < 4.78 is 14.9. The van der Waals surface area contributed by atoms with E-state index in [4.69, 9.17) is 0 Å².